The lowest BCUT2D eigenvalue weighted by atomic mass is 9.98. The van der Waals surface area contributed by atoms with E-state index in [-0.39, 0.29) is 0 Å². The molecule has 2 nitrogen and oxygen atoms in total. The van der Waals surface area contributed by atoms with Gasteiger partial charge in [0.2, 0.25) is 0 Å². The molecule has 0 atom stereocenters. The largest absolute Gasteiger partial charge is 0.455 e. The first kappa shape index (κ1) is 17.6. The van der Waals surface area contributed by atoms with Crippen LogP contribution in [0.5, 0.6) is 5.75 Å². The maximum absolute atomic E-state index is 5.94. The number of hydrogen-bond donors (Lipinski definition) is 1. The van der Waals surface area contributed by atoms with E-state index in [0.717, 1.165) is 11.1 Å². The molecule has 0 aromatic heterocycles. The Balaban J connectivity index is 1.55. The van der Waals surface area contributed by atoms with Crippen LogP contribution in [-0.2, 0) is 0 Å². The molecule has 0 saturated heterocycles. The monoisotopic (exact) mass is 363 g/mol. The SMILES string of the molecule is C=C(Oc1ccccc1N)c1ccc(-c2cccc(-c3ccccc3)c2)cc1. The summed E-state index contributed by atoms with van der Waals surface area (Å²) in [6.45, 7) is 4.04. The third-order valence-electron chi connectivity index (χ3n) is 4.66. The number of nitrogens with two attached hydrogens (primary N) is 1. The Labute approximate surface area is 165 Å². The Bertz CT molecular complexity index is 1100. The summed E-state index contributed by atoms with van der Waals surface area (Å²) in [5.74, 6) is 1.19. The van der Waals surface area contributed by atoms with Gasteiger partial charge < -0.3 is 10.5 Å². The Hall–Kier alpha value is -3.78. The maximum atomic E-state index is 5.94. The molecule has 0 radical (unpaired) electrons. The second kappa shape index (κ2) is 7.85. The normalized spacial score (nSPS) is 10.4. The number of benzene rings is 4. The van der Waals surface area contributed by atoms with Crippen molar-refractivity contribution in [3.8, 4) is 28.0 Å². The van der Waals surface area contributed by atoms with Crippen LogP contribution < -0.4 is 10.5 Å². The molecule has 0 bridgehead atoms. The molecule has 0 unspecified atom stereocenters. The van der Waals surface area contributed by atoms with Crippen LogP contribution in [0.15, 0.2) is 110 Å². The van der Waals surface area contributed by atoms with Crippen LogP contribution in [0.1, 0.15) is 5.56 Å². The quantitative estimate of drug-likeness (QED) is 0.318. The van der Waals surface area contributed by atoms with Crippen LogP contribution in [0.4, 0.5) is 5.69 Å². The minimum Gasteiger partial charge on any atom is -0.455 e. The molecule has 28 heavy (non-hydrogen) atoms. The Morgan fingerprint density at radius 2 is 1.18 bits per heavy atom. The van der Waals surface area contributed by atoms with Gasteiger partial charge in [-0.15, -0.1) is 0 Å². The minimum atomic E-state index is 0.572. The molecule has 0 aliphatic rings. The zero-order valence-corrected chi connectivity index (χ0v) is 15.5. The van der Waals surface area contributed by atoms with Crippen LogP contribution in [0.25, 0.3) is 28.0 Å². The van der Waals surface area contributed by atoms with E-state index < -0.39 is 0 Å². The van der Waals surface area contributed by atoms with Crippen LogP contribution in [0.3, 0.4) is 0 Å². The van der Waals surface area contributed by atoms with Gasteiger partial charge >= 0.3 is 0 Å². The first-order valence-electron chi connectivity index (χ1n) is 9.18. The van der Waals surface area contributed by atoms with Gasteiger partial charge in [0.15, 0.2) is 0 Å². The van der Waals surface area contributed by atoms with Crippen LogP contribution >= 0.6 is 0 Å². The van der Waals surface area contributed by atoms with Gasteiger partial charge in [0.05, 0.1) is 5.69 Å². The first-order chi connectivity index (χ1) is 13.7. The first-order valence-corrected chi connectivity index (χ1v) is 9.18. The molecule has 136 valence electrons. The summed E-state index contributed by atoms with van der Waals surface area (Å²) >= 11 is 0. The molecular weight excluding hydrogens is 342 g/mol. The van der Waals surface area contributed by atoms with Crippen LogP contribution in [0.2, 0.25) is 0 Å². The van der Waals surface area contributed by atoms with Crippen molar-refractivity contribution in [1.82, 2.24) is 0 Å². The van der Waals surface area contributed by atoms with Gasteiger partial charge in [-0.2, -0.15) is 0 Å². The van der Waals surface area contributed by atoms with Crippen molar-refractivity contribution in [3.05, 3.63) is 115 Å². The molecule has 4 aromatic rings. The zero-order valence-electron chi connectivity index (χ0n) is 15.5. The number of anilines is 1. The summed E-state index contributed by atoms with van der Waals surface area (Å²) in [6, 6.07) is 34.6. The molecule has 0 aliphatic heterocycles. The van der Waals surface area contributed by atoms with Crippen molar-refractivity contribution in [2.45, 2.75) is 0 Å². The highest BCUT2D eigenvalue weighted by molar-refractivity contribution is 5.74. The Morgan fingerprint density at radius 1 is 0.607 bits per heavy atom. The van der Waals surface area contributed by atoms with Crippen molar-refractivity contribution in [3.63, 3.8) is 0 Å². The van der Waals surface area contributed by atoms with Gasteiger partial charge in [-0.1, -0.05) is 91.5 Å². The summed E-state index contributed by atoms with van der Waals surface area (Å²) in [6.07, 6.45) is 0. The minimum absolute atomic E-state index is 0.572. The molecule has 2 N–H and O–H groups in total. The molecule has 4 rings (SSSR count). The smallest absolute Gasteiger partial charge is 0.150 e. The predicted molar refractivity (Wildman–Crippen MR) is 118 cm³/mol. The molecule has 0 heterocycles. The fraction of sp³-hybridized carbons (Fsp3) is 0. The Kier molecular flexibility index (Phi) is 4.94. The predicted octanol–water partition coefficient (Wildman–Crippen LogP) is 6.65. The molecule has 0 fully saturated rings. The van der Waals surface area contributed by atoms with E-state index in [0.29, 0.717) is 17.2 Å². The number of hydrogen-bond acceptors (Lipinski definition) is 2. The second-order valence-corrected chi connectivity index (χ2v) is 6.59. The number of ether oxygens (including phenoxy) is 1. The lowest BCUT2D eigenvalue weighted by molar-refractivity contribution is 0.519. The van der Waals surface area contributed by atoms with Crippen LogP contribution in [-0.4, -0.2) is 0 Å². The van der Waals surface area contributed by atoms with Crippen molar-refractivity contribution >= 4 is 11.4 Å². The summed E-state index contributed by atoms with van der Waals surface area (Å²) in [5, 5.41) is 0. The zero-order chi connectivity index (χ0) is 19.3. The number of nitrogen functional groups attached to an aromatic ring is 1. The summed E-state index contributed by atoms with van der Waals surface area (Å²) in [4.78, 5) is 0. The maximum Gasteiger partial charge on any atom is 0.150 e. The van der Waals surface area contributed by atoms with Crippen molar-refractivity contribution in [2.24, 2.45) is 0 Å². The lowest BCUT2D eigenvalue weighted by Gasteiger charge is -2.12. The van der Waals surface area contributed by atoms with E-state index in [4.69, 9.17) is 10.5 Å². The van der Waals surface area contributed by atoms with Gasteiger partial charge in [0, 0.05) is 5.56 Å². The highest BCUT2D eigenvalue weighted by Crippen LogP contribution is 2.29. The van der Waals surface area contributed by atoms with Crippen molar-refractivity contribution in [2.75, 3.05) is 5.73 Å². The van der Waals surface area contributed by atoms with E-state index in [2.05, 4.69) is 67.2 Å². The van der Waals surface area contributed by atoms with E-state index in [1.54, 1.807) is 0 Å². The number of rotatable bonds is 5. The third kappa shape index (κ3) is 3.81. The molecule has 2 heteroatoms. The average Bonchev–Trinajstić information content (AvgIpc) is 2.76. The average molecular weight is 363 g/mol. The fourth-order valence-corrected chi connectivity index (χ4v) is 3.12. The summed E-state index contributed by atoms with van der Waals surface area (Å²) in [7, 11) is 0. The van der Waals surface area contributed by atoms with Crippen molar-refractivity contribution < 1.29 is 4.74 Å². The molecular formula is C26H21NO. The second-order valence-electron chi connectivity index (χ2n) is 6.59. The van der Waals surface area contributed by atoms with E-state index in [1.165, 1.54) is 16.7 Å². The van der Waals surface area contributed by atoms with Crippen LogP contribution in [0, 0.1) is 0 Å². The van der Waals surface area contributed by atoms with Gasteiger partial charge in [-0.3, -0.25) is 0 Å². The van der Waals surface area contributed by atoms with Gasteiger partial charge in [-0.05, 0) is 40.5 Å². The molecule has 4 aromatic carbocycles. The third-order valence-corrected chi connectivity index (χ3v) is 4.66. The molecule has 0 amide bonds. The van der Waals surface area contributed by atoms with E-state index >= 15 is 0 Å². The highest BCUT2D eigenvalue weighted by atomic mass is 16.5. The summed E-state index contributed by atoms with van der Waals surface area (Å²) in [5.41, 5.74) is 12.2. The van der Waals surface area contributed by atoms with Gasteiger partial charge in [-0.25, -0.2) is 0 Å². The van der Waals surface area contributed by atoms with Gasteiger partial charge in [0.25, 0.3) is 0 Å². The topological polar surface area (TPSA) is 35.2 Å². The van der Waals surface area contributed by atoms with Crippen molar-refractivity contribution in [1.29, 1.82) is 0 Å². The van der Waals surface area contributed by atoms with E-state index in [1.807, 2.05) is 42.5 Å². The molecule has 0 spiro atoms. The van der Waals surface area contributed by atoms with E-state index in [9.17, 15) is 0 Å². The Morgan fingerprint density at radius 3 is 1.86 bits per heavy atom. The van der Waals surface area contributed by atoms with Gasteiger partial charge in [0.1, 0.15) is 11.5 Å². The molecule has 0 saturated carbocycles. The summed E-state index contributed by atoms with van der Waals surface area (Å²) < 4.78 is 5.83. The fourth-order valence-electron chi connectivity index (χ4n) is 3.12. The standard InChI is InChI=1S/C26H21NO/c1-19(28-26-13-6-5-12-25(26)27)20-14-16-22(17-15-20)24-11-7-10-23(18-24)21-8-3-2-4-9-21/h2-18H,1,27H2. The lowest BCUT2D eigenvalue weighted by Crippen LogP contribution is -1.97. The number of para-hydroxylation sites is 2. The molecule has 0 aliphatic carbocycles. The highest BCUT2D eigenvalue weighted by Gasteiger charge is 2.06.